The van der Waals surface area contributed by atoms with E-state index in [-0.39, 0.29) is 0 Å². The molecule has 0 radical (unpaired) electrons. The van der Waals surface area contributed by atoms with Crippen LogP contribution in [0.4, 0.5) is 0 Å². The van der Waals surface area contributed by atoms with Crippen LogP contribution < -0.4 is 10.1 Å². The molecule has 1 aromatic carbocycles. The van der Waals surface area contributed by atoms with Crippen molar-refractivity contribution in [1.82, 2.24) is 5.32 Å². The van der Waals surface area contributed by atoms with E-state index in [1.165, 1.54) is 5.56 Å². The zero-order valence-corrected chi connectivity index (χ0v) is 11.4. The van der Waals surface area contributed by atoms with E-state index in [1.807, 2.05) is 0 Å². The first-order valence-corrected chi connectivity index (χ1v) is 6.58. The van der Waals surface area contributed by atoms with Gasteiger partial charge in [0.1, 0.15) is 5.76 Å². The van der Waals surface area contributed by atoms with Crippen LogP contribution in [0, 0.1) is 0 Å². The molecule has 0 aliphatic carbocycles. The number of benzene rings is 1. The molecule has 98 valence electrons. The van der Waals surface area contributed by atoms with E-state index in [1.54, 1.807) is 7.11 Å². The van der Waals surface area contributed by atoms with Gasteiger partial charge in [-0.3, -0.25) is 0 Å². The van der Waals surface area contributed by atoms with Crippen molar-refractivity contribution in [2.75, 3.05) is 13.7 Å². The van der Waals surface area contributed by atoms with Crippen molar-refractivity contribution in [2.45, 2.75) is 33.2 Å². The van der Waals surface area contributed by atoms with E-state index in [9.17, 15) is 0 Å². The maximum Gasteiger partial charge on any atom is 0.176 e. The maximum atomic E-state index is 5.85. The lowest BCUT2D eigenvalue weighted by molar-refractivity contribution is 0.405. The first kappa shape index (κ1) is 13.0. The second-order valence-electron chi connectivity index (χ2n) is 4.46. The van der Waals surface area contributed by atoms with Gasteiger partial charge in [0.05, 0.1) is 13.7 Å². The van der Waals surface area contributed by atoms with Gasteiger partial charge in [0, 0.05) is 5.39 Å². The summed E-state index contributed by atoms with van der Waals surface area (Å²) in [6, 6.07) is 6.32. The number of ether oxygens (including phenoxy) is 1. The number of aryl methyl sites for hydroxylation is 1. The normalized spacial score (nSPS) is 11.1. The molecule has 3 heteroatoms. The largest absolute Gasteiger partial charge is 0.493 e. The number of hydrogen-bond donors (Lipinski definition) is 1. The second-order valence-corrected chi connectivity index (χ2v) is 4.46. The van der Waals surface area contributed by atoms with Gasteiger partial charge in [-0.1, -0.05) is 13.8 Å². The minimum absolute atomic E-state index is 0.771. The highest BCUT2D eigenvalue weighted by atomic mass is 16.5. The molecule has 0 amide bonds. The summed E-state index contributed by atoms with van der Waals surface area (Å²) in [7, 11) is 1.69. The van der Waals surface area contributed by atoms with E-state index in [2.05, 4.69) is 37.4 Å². The molecule has 0 fully saturated rings. The second kappa shape index (κ2) is 5.91. The third kappa shape index (κ3) is 2.67. The SMILES string of the molecule is CCCNCc1cc2cc(CC)cc(OC)c2o1. The molecule has 2 aromatic rings. The quantitative estimate of drug-likeness (QED) is 0.793. The number of furan rings is 1. The van der Waals surface area contributed by atoms with Crippen LogP contribution in [0.25, 0.3) is 11.0 Å². The average molecular weight is 247 g/mol. The Labute approximate surface area is 108 Å². The highest BCUT2D eigenvalue weighted by Crippen LogP contribution is 2.30. The zero-order chi connectivity index (χ0) is 13.0. The van der Waals surface area contributed by atoms with Crippen LogP contribution in [0.15, 0.2) is 22.6 Å². The molecule has 1 aromatic heterocycles. The molecule has 0 aliphatic heterocycles. The summed E-state index contributed by atoms with van der Waals surface area (Å²) in [4.78, 5) is 0. The van der Waals surface area contributed by atoms with Gasteiger partial charge in [0.2, 0.25) is 0 Å². The summed E-state index contributed by atoms with van der Waals surface area (Å²) in [5.74, 6) is 1.79. The molecule has 1 N–H and O–H groups in total. The molecular formula is C15H21NO2. The molecular weight excluding hydrogens is 226 g/mol. The minimum Gasteiger partial charge on any atom is -0.493 e. The van der Waals surface area contributed by atoms with Gasteiger partial charge in [0.15, 0.2) is 11.3 Å². The lowest BCUT2D eigenvalue weighted by Gasteiger charge is -2.03. The number of rotatable bonds is 6. The van der Waals surface area contributed by atoms with E-state index in [4.69, 9.17) is 9.15 Å². The molecule has 2 rings (SSSR count). The van der Waals surface area contributed by atoms with Crippen LogP contribution in [-0.2, 0) is 13.0 Å². The topological polar surface area (TPSA) is 34.4 Å². The Morgan fingerprint density at radius 2 is 2.06 bits per heavy atom. The fraction of sp³-hybridized carbons (Fsp3) is 0.467. The van der Waals surface area contributed by atoms with Crippen molar-refractivity contribution in [3.8, 4) is 5.75 Å². The van der Waals surface area contributed by atoms with E-state index in [0.717, 1.165) is 48.4 Å². The Morgan fingerprint density at radius 1 is 1.22 bits per heavy atom. The predicted molar refractivity (Wildman–Crippen MR) is 74.1 cm³/mol. The summed E-state index contributed by atoms with van der Waals surface area (Å²) in [5.41, 5.74) is 2.12. The van der Waals surface area contributed by atoms with Gasteiger partial charge >= 0.3 is 0 Å². The molecule has 0 aliphatic rings. The highest BCUT2D eigenvalue weighted by molar-refractivity contribution is 5.84. The van der Waals surface area contributed by atoms with Gasteiger partial charge in [-0.05, 0) is 43.1 Å². The van der Waals surface area contributed by atoms with Gasteiger partial charge in [-0.25, -0.2) is 0 Å². The Kier molecular flexibility index (Phi) is 4.26. The van der Waals surface area contributed by atoms with Crippen LogP contribution >= 0.6 is 0 Å². The molecule has 1 heterocycles. The van der Waals surface area contributed by atoms with Crippen molar-refractivity contribution >= 4 is 11.0 Å². The third-order valence-electron chi connectivity index (χ3n) is 3.05. The van der Waals surface area contributed by atoms with E-state index >= 15 is 0 Å². The summed E-state index contributed by atoms with van der Waals surface area (Å²) in [6.45, 7) is 6.08. The van der Waals surface area contributed by atoms with Crippen molar-refractivity contribution in [2.24, 2.45) is 0 Å². The molecule has 0 atom stereocenters. The maximum absolute atomic E-state index is 5.85. The standard InChI is InChI=1S/C15H21NO2/c1-4-6-16-10-13-9-12-7-11(5-2)8-14(17-3)15(12)18-13/h7-9,16H,4-6,10H2,1-3H3. The molecule has 0 saturated heterocycles. The van der Waals surface area contributed by atoms with Crippen molar-refractivity contribution in [3.05, 3.63) is 29.5 Å². The first-order valence-electron chi connectivity index (χ1n) is 6.58. The first-order chi connectivity index (χ1) is 8.78. The van der Waals surface area contributed by atoms with Gasteiger partial charge in [-0.15, -0.1) is 0 Å². The smallest absolute Gasteiger partial charge is 0.176 e. The summed E-state index contributed by atoms with van der Waals surface area (Å²) >= 11 is 0. The Balaban J connectivity index is 2.31. The molecule has 0 unspecified atom stereocenters. The van der Waals surface area contributed by atoms with E-state index < -0.39 is 0 Å². The molecule has 0 spiro atoms. The molecule has 3 nitrogen and oxygen atoms in total. The Morgan fingerprint density at radius 3 is 2.72 bits per heavy atom. The van der Waals surface area contributed by atoms with Gasteiger partial charge in [-0.2, -0.15) is 0 Å². The average Bonchev–Trinajstić information content (AvgIpc) is 2.80. The van der Waals surface area contributed by atoms with Gasteiger partial charge in [0.25, 0.3) is 0 Å². The summed E-state index contributed by atoms with van der Waals surface area (Å²) in [6.07, 6.45) is 2.13. The highest BCUT2D eigenvalue weighted by Gasteiger charge is 2.10. The molecule has 0 saturated carbocycles. The number of nitrogens with one attached hydrogen (secondary N) is 1. The van der Waals surface area contributed by atoms with Crippen LogP contribution in [0.3, 0.4) is 0 Å². The molecule has 0 bridgehead atoms. The lowest BCUT2D eigenvalue weighted by atomic mass is 10.1. The minimum atomic E-state index is 0.771. The van der Waals surface area contributed by atoms with Crippen molar-refractivity contribution in [3.63, 3.8) is 0 Å². The summed E-state index contributed by atoms with van der Waals surface area (Å²) in [5, 5.41) is 4.47. The van der Waals surface area contributed by atoms with Crippen molar-refractivity contribution < 1.29 is 9.15 Å². The lowest BCUT2D eigenvalue weighted by Crippen LogP contribution is -2.12. The Hall–Kier alpha value is -1.48. The van der Waals surface area contributed by atoms with Crippen LogP contribution in [-0.4, -0.2) is 13.7 Å². The Bertz CT molecular complexity index is 516. The number of hydrogen-bond acceptors (Lipinski definition) is 3. The monoisotopic (exact) mass is 247 g/mol. The van der Waals surface area contributed by atoms with Crippen LogP contribution in [0.1, 0.15) is 31.6 Å². The fourth-order valence-electron chi connectivity index (χ4n) is 2.06. The van der Waals surface area contributed by atoms with E-state index in [0.29, 0.717) is 0 Å². The van der Waals surface area contributed by atoms with Crippen molar-refractivity contribution in [1.29, 1.82) is 0 Å². The van der Waals surface area contributed by atoms with Crippen LogP contribution in [0.2, 0.25) is 0 Å². The van der Waals surface area contributed by atoms with Gasteiger partial charge < -0.3 is 14.5 Å². The predicted octanol–water partition coefficient (Wildman–Crippen LogP) is 3.50. The third-order valence-corrected chi connectivity index (χ3v) is 3.05. The summed E-state index contributed by atoms with van der Waals surface area (Å²) < 4.78 is 11.2. The number of fused-ring (bicyclic) bond motifs is 1. The zero-order valence-electron chi connectivity index (χ0n) is 11.4. The molecule has 18 heavy (non-hydrogen) atoms. The number of methoxy groups -OCH3 is 1. The fourth-order valence-corrected chi connectivity index (χ4v) is 2.06. The van der Waals surface area contributed by atoms with Crippen LogP contribution in [0.5, 0.6) is 5.75 Å².